The van der Waals surface area contributed by atoms with Crippen LogP contribution in [0.3, 0.4) is 0 Å². The average Bonchev–Trinajstić information content (AvgIpc) is 3.10. The van der Waals surface area contributed by atoms with Gasteiger partial charge in [-0.25, -0.2) is 4.98 Å². The largest absolute Gasteiger partial charge is 0.381 e. The predicted molar refractivity (Wildman–Crippen MR) is 99.0 cm³/mol. The lowest BCUT2D eigenvalue weighted by molar-refractivity contribution is -0.115. The minimum Gasteiger partial charge on any atom is -0.381 e. The highest BCUT2D eigenvalue weighted by Gasteiger charge is 2.19. The van der Waals surface area contributed by atoms with E-state index in [1.165, 1.54) is 4.88 Å². The molecule has 0 unspecified atom stereocenters. The average molecular weight is 353 g/mol. The Bertz CT molecular complexity index is 887. The minimum absolute atomic E-state index is 0.0649. The van der Waals surface area contributed by atoms with Crippen LogP contribution >= 0.6 is 11.3 Å². The van der Waals surface area contributed by atoms with E-state index in [0.29, 0.717) is 17.5 Å². The maximum absolute atomic E-state index is 12.3. The molecular weight excluding hydrogens is 334 g/mol. The van der Waals surface area contributed by atoms with E-state index in [-0.39, 0.29) is 5.91 Å². The first-order chi connectivity index (χ1) is 12.3. The molecule has 0 aliphatic carbocycles. The van der Waals surface area contributed by atoms with Gasteiger partial charge in [0.05, 0.1) is 11.9 Å². The van der Waals surface area contributed by atoms with E-state index in [2.05, 4.69) is 15.3 Å². The number of carbonyl (C=O) groups is 1. The summed E-state index contributed by atoms with van der Waals surface area (Å²) in [6, 6.07) is 9.91. The SMILES string of the molecule is O=C(Cc1cnc2ccccc2c1)Nc1ncc(C2CCOCC2)s1. The predicted octanol–water partition coefficient (Wildman–Crippen LogP) is 3.77. The van der Waals surface area contributed by atoms with Gasteiger partial charge in [0.2, 0.25) is 5.91 Å². The Morgan fingerprint density at radius 3 is 2.92 bits per heavy atom. The van der Waals surface area contributed by atoms with E-state index in [1.807, 2.05) is 36.5 Å². The fraction of sp³-hybridized carbons (Fsp3) is 0.316. The van der Waals surface area contributed by atoms with Gasteiger partial charge in [-0.1, -0.05) is 18.2 Å². The number of rotatable bonds is 4. The van der Waals surface area contributed by atoms with Crippen molar-refractivity contribution in [3.8, 4) is 0 Å². The van der Waals surface area contributed by atoms with Gasteiger partial charge < -0.3 is 10.1 Å². The minimum atomic E-state index is -0.0649. The number of nitrogens with zero attached hydrogens (tertiary/aromatic N) is 2. The number of thiazole rings is 1. The van der Waals surface area contributed by atoms with Crippen molar-refractivity contribution in [2.75, 3.05) is 18.5 Å². The van der Waals surface area contributed by atoms with Gasteiger partial charge in [-0.05, 0) is 36.5 Å². The summed E-state index contributed by atoms with van der Waals surface area (Å²) in [5.74, 6) is 0.437. The van der Waals surface area contributed by atoms with Gasteiger partial charge in [-0.15, -0.1) is 11.3 Å². The zero-order valence-electron chi connectivity index (χ0n) is 13.8. The maximum Gasteiger partial charge on any atom is 0.230 e. The summed E-state index contributed by atoms with van der Waals surface area (Å²) < 4.78 is 5.40. The molecule has 1 amide bonds. The van der Waals surface area contributed by atoms with Crippen LogP contribution in [0.1, 0.15) is 29.2 Å². The molecule has 2 aromatic heterocycles. The lowest BCUT2D eigenvalue weighted by Crippen LogP contribution is -2.14. The van der Waals surface area contributed by atoms with Crippen LogP contribution < -0.4 is 5.32 Å². The van der Waals surface area contributed by atoms with Gasteiger partial charge in [-0.2, -0.15) is 0 Å². The van der Waals surface area contributed by atoms with Crippen molar-refractivity contribution >= 4 is 33.3 Å². The van der Waals surface area contributed by atoms with Crippen molar-refractivity contribution < 1.29 is 9.53 Å². The van der Waals surface area contributed by atoms with Crippen LogP contribution in [-0.2, 0) is 16.0 Å². The molecule has 5 nitrogen and oxygen atoms in total. The molecule has 6 heteroatoms. The van der Waals surface area contributed by atoms with Crippen molar-refractivity contribution in [3.63, 3.8) is 0 Å². The molecule has 0 bridgehead atoms. The second-order valence-electron chi connectivity index (χ2n) is 6.22. The highest BCUT2D eigenvalue weighted by Crippen LogP contribution is 2.32. The van der Waals surface area contributed by atoms with Gasteiger partial charge in [0.15, 0.2) is 5.13 Å². The van der Waals surface area contributed by atoms with Crippen LogP contribution in [0.4, 0.5) is 5.13 Å². The van der Waals surface area contributed by atoms with Gasteiger partial charge >= 0.3 is 0 Å². The number of para-hydroxylation sites is 1. The number of carbonyl (C=O) groups excluding carboxylic acids is 1. The molecular formula is C19H19N3O2S. The lowest BCUT2D eigenvalue weighted by atomic mass is 9.99. The highest BCUT2D eigenvalue weighted by atomic mass is 32.1. The van der Waals surface area contributed by atoms with Crippen LogP contribution in [0.5, 0.6) is 0 Å². The normalized spacial score (nSPS) is 15.4. The molecule has 1 aliphatic rings. The van der Waals surface area contributed by atoms with Crippen molar-refractivity contribution in [2.24, 2.45) is 0 Å². The Kier molecular flexibility index (Phi) is 4.72. The third-order valence-electron chi connectivity index (χ3n) is 4.41. The third-order valence-corrected chi connectivity index (χ3v) is 5.48. The van der Waals surface area contributed by atoms with E-state index < -0.39 is 0 Å². The van der Waals surface area contributed by atoms with Crippen LogP contribution in [0.25, 0.3) is 10.9 Å². The first kappa shape index (κ1) is 16.2. The van der Waals surface area contributed by atoms with Crippen molar-refractivity contribution in [1.29, 1.82) is 0 Å². The van der Waals surface area contributed by atoms with Gasteiger partial charge in [-0.3, -0.25) is 9.78 Å². The second kappa shape index (κ2) is 7.29. The van der Waals surface area contributed by atoms with Crippen LogP contribution in [-0.4, -0.2) is 29.1 Å². The molecule has 3 aromatic rings. The van der Waals surface area contributed by atoms with E-state index in [1.54, 1.807) is 17.5 Å². The Balaban J connectivity index is 1.40. The molecule has 0 atom stereocenters. The summed E-state index contributed by atoms with van der Waals surface area (Å²) in [4.78, 5) is 22.3. The van der Waals surface area contributed by atoms with E-state index >= 15 is 0 Å². The molecule has 1 aliphatic heterocycles. The van der Waals surface area contributed by atoms with Crippen LogP contribution in [0.2, 0.25) is 0 Å². The zero-order chi connectivity index (χ0) is 17.1. The van der Waals surface area contributed by atoms with E-state index in [4.69, 9.17) is 4.74 Å². The van der Waals surface area contributed by atoms with Crippen LogP contribution in [0.15, 0.2) is 42.7 Å². The molecule has 0 saturated carbocycles. The Morgan fingerprint density at radius 2 is 2.04 bits per heavy atom. The fourth-order valence-corrected chi connectivity index (χ4v) is 4.08. The Hall–Kier alpha value is -2.31. The van der Waals surface area contributed by atoms with Crippen molar-refractivity contribution in [3.05, 3.63) is 53.2 Å². The molecule has 0 spiro atoms. The number of amides is 1. The molecule has 1 fully saturated rings. The smallest absolute Gasteiger partial charge is 0.230 e. The number of fused-ring (bicyclic) bond motifs is 1. The molecule has 1 saturated heterocycles. The van der Waals surface area contributed by atoms with E-state index in [0.717, 1.165) is 42.5 Å². The number of ether oxygens (including phenoxy) is 1. The summed E-state index contributed by atoms with van der Waals surface area (Å²) in [7, 11) is 0. The number of benzene rings is 1. The molecule has 0 radical (unpaired) electrons. The van der Waals surface area contributed by atoms with Gasteiger partial charge in [0.25, 0.3) is 0 Å². The lowest BCUT2D eigenvalue weighted by Gasteiger charge is -2.20. The number of hydrogen-bond acceptors (Lipinski definition) is 5. The zero-order valence-corrected chi connectivity index (χ0v) is 14.6. The number of hydrogen-bond donors (Lipinski definition) is 1. The van der Waals surface area contributed by atoms with Crippen molar-refractivity contribution in [2.45, 2.75) is 25.2 Å². The first-order valence-electron chi connectivity index (χ1n) is 8.45. The van der Waals surface area contributed by atoms with Gasteiger partial charge in [0, 0.05) is 35.9 Å². The number of anilines is 1. The summed E-state index contributed by atoms with van der Waals surface area (Å²) in [6.07, 6.45) is 5.99. The topological polar surface area (TPSA) is 64.1 Å². The number of pyridine rings is 1. The number of aromatic nitrogens is 2. The molecule has 4 rings (SSSR count). The van der Waals surface area contributed by atoms with E-state index in [9.17, 15) is 4.79 Å². The van der Waals surface area contributed by atoms with Gasteiger partial charge in [0.1, 0.15) is 0 Å². The quantitative estimate of drug-likeness (QED) is 0.775. The summed E-state index contributed by atoms with van der Waals surface area (Å²) in [5, 5.41) is 4.62. The summed E-state index contributed by atoms with van der Waals surface area (Å²) in [6.45, 7) is 1.61. The monoisotopic (exact) mass is 353 g/mol. The highest BCUT2D eigenvalue weighted by molar-refractivity contribution is 7.15. The number of nitrogens with one attached hydrogen (secondary N) is 1. The van der Waals surface area contributed by atoms with Crippen LogP contribution in [0, 0.1) is 0 Å². The Morgan fingerprint density at radius 1 is 1.20 bits per heavy atom. The fourth-order valence-electron chi connectivity index (χ4n) is 3.08. The first-order valence-corrected chi connectivity index (χ1v) is 9.26. The van der Waals surface area contributed by atoms with Crippen molar-refractivity contribution in [1.82, 2.24) is 9.97 Å². The third kappa shape index (κ3) is 3.86. The standard InChI is InChI=1S/C19H19N3O2S/c23-18(10-13-9-15-3-1-2-4-16(15)20-11-13)22-19-21-12-17(25-19)14-5-7-24-8-6-14/h1-4,9,11-12,14H,5-8,10H2,(H,21,22,23). The summed E-state index contributed by atoms with van der Waals surface area (Å²) in [5.41, 5.74) is 1.84. The molecule has 128 valence electrons. The Labute approximate surface area is 150 Å². The molecule has 3 heterocycles. The summed E-state index contributed by atoms with van der Waals surface area (Å²) >= 11 is 1.57. The maximum atomic E-state index is 12.3. The molecule has 1 N–H and O–H groups in total. The second-order valence-corrected chi connectivity index (χ2v) is 7.28. The molecule has 25 heavy (non-hydrogen) atoms. The molecule has 1 aromatic carbocycles.